The van der Waals surface area contributed by atoms with E-state index >= 15 is 0 Å². The number of carbonyl (C=O) groups is 3. The third-order valence-electron chi connectivity index (χ3n) is 2.89. The van der Waals surface area contributed by atoms with Crippen LogP contribution in [0.15, 0.2) is 47.1 Å². The van der Waals surface area contributed by atoms with Gasteiger partial charge in [-0.05, 0) is 30.3 Å². The molecule has 0 fully saturated rings. The maximum Gasteiger partial charge on any atom is 0.289 e. The summed E-state index contributed by atoms with van der Waals surface area (Å²) in [6, 6.07) is 9.36. The summed E-state index contributed by atoms with van der Waals surface area (Å²) < 4.78 is 4.98. The number of amides is 3. The number of primary amides is 1. The summed E-state index contributed by atoms with van der Waals surface area (Å²) in [6.07, 6.45) is 1.39. The molecule has 1 heterocycles. The lowest BCUT2D eigenvalue weighted by molar-refractivity contribution is -0.116. The number of rotatable bonds is 5. The Morgan fingerprint density at radius 3 is 2.64 bits per heavy atom. The largest absolute Gasteiger partial charge is 0.459 e. The van der Waals surface area contributed by atoms with Crippen molar-refractivity contribution in [3.8, 4) is 0 Å². The molecule has 1 aromatic carbocycles. The summed E-state index contributed by atoms with van der Waals surface area (Å²) in [5.41, 5.74) is 5.89. The van der Waals surface area contributed by atoms with Crippen molar-refractivity contribution in [2.24, 2.45) is 5.73 Å². The van der Waals surface area contributed by atoms with Gasteiger partial charge < -0.3 is 20.4 Å². The molecule has 7 nitrogen and oxygen atoms in total. The Labute approximate surface area is 126 Å². The molecule has 22 heavy (non-hydrogen) atoms. The maximum absolute atomic E-state index is 11.9. The van der Waals surface area contributed by atoms with Crippen LogP contribution in [0.3, 0.4) is 0 Å². The zero-order chi connectivity index (χ0) is 16.1. The highest BCUT2D eigenvalue weighted by Crippen LogP contribution is 2.10. The molecule has 0 aliphatic heterocycles. The van der Waals surface area contributed by atoms with E-state index in [-0.39, 0.29) is 17.9 Å². The van der Waals surface area contributed by atoms with Crippen LogP contribution in [0.1, 0.15) is 20.9 Å². The van der Waals surface area contributed by atoms with Gasteiger partial charge in [0.05, 0.1) is 12.8 Å². The lowest BCUT2D eigenvalue weighted by Gasteiger charge is -2.15. The predicted octanol–water partition coefficient (Wildman–Crippen LogP) is 1.09. The molecule has 0 atom stereocenters. The zero-order valence-corrected chi connectivity index (χ0v) is 11.9. The Kier molecular flexibility index (Phi) is 4.57. The average Bonchev–Trinajstić information content (AvgIpc) is 3.00. The van der Waals surface area contributed by atoms with Crippen LogP contribution in [0.4, 0.5) is 5.69 Å². The van der Waals surface area contributed by atoms with Crippen LogP contribution in [-0.2, 0) is 4.79 Å². The SMILES string of the molecule is CN(CC(=O)Nc1cccc(C(N)=O)c1)C(=O)c1ccco1. The molecule has 2 rings (SSSR count). The third kappa shape index (κ3) is 3.72. The topological polar surface area (TPSA) is 106 Å². The standard InChI is InChI=1S/C15H15N3O4/c1-18(15(21)12-6-3-7-22-12)9-13(19)17-11-5-2-4-10(8-11)14(16)20/h2-8H,9H2,1H3,(H2,16,20)(H,17,19). The quantitative estimate of drug-likeness (QED) is 0.862. The number of carbonyl (C=O) groups excluding carboxylic acids is 3. The van der Waals surface area contributed by atoms with E-state index in [2.05, 4.69) is 5.32 Å². The van der Waals surface area contributed by atoms with Gasteiger partial charge in [-0.25, -0.2) is 0 Å². The monoisotopic (exact) mass is 301 g/mol. The lowest BCUT2D eigenvalue weighted by Crippen LogP contribution is -2.34. The number of hydrogen-bond acceptors (Lipinski definition) is 4. The van der Waals surface area contributed by atoms with Gasteiger partial charge in [0.15, 0.2) is 5.76 Å². The van der Waals surface area contributed by atoms with Crippen molar-refractivity contribution in [1.29, 1.82) is 0 Å². The van der Waals surface area contributed by atoms with Crippen LogP contribution in [-0.4, -0.2) is 36.2 Å². The first-order valence-corrected chi connectivity index (χ1v) is 6.46. The van der Waals surface area contributed by atoms with Gasteiger partial charge in [0, 0.05) is 18.3 Å². The molecule has 0 aliphatic carbocycles. The second-order valence-electron chi connectivity index (χ2n) is 4.63. The van der Waals surface area contributed by atoms with Gasteiger partial charge in [0.1, 0.15) is 0 Å². The second kappa shape index (κ2) is 6.57. The van der Waals surface area contributed by atoms with Crippen LogP contribution in [0.25, 0.3) is 0 Å². The molecule has 0 bridgehead atoms. The molecule has 3 N–H and O–H groups in total. The highest BCUT2D eigenvalue weighted by Gasteiger charge is 2.17. The first-order valence-electron chi connectivity index (χ1n) is 6.46. The minimum atomic E-state index is -0.582. The average molecular weight is 301 g/mol. The molecule has 0 aliphatic rings. The molecular formula is C15H15N3O4. The Morgan fingerprint density at radius 2 is 2.00 bits per heavy atom. The lowest BCUT2D eigenvalue weighted by atomic mass is 10.2. The number of anilines is 1. The molecular weight excluding hydrogens is 286 g/mol. The fourth-order valence-electron chi connectivity index (χ4n) is 1.83. The number of nitrogens with zero attached hydrogens (tertiary/aromatic N) is 1. The fourth-order valence-corrected chi connectivity index (χ4v) is 1.83. The van der Waals surface area contributed by atoms with Crippen molar-refractivity contribution in [1.82, 2.24) is 4.90 Å². The summed E-state index contributed by atoms with van der Waals surface area (Å²) in [5, 5.41) is 2.60. The van der Waals surface area contributed by atoms with E-state index in [0.29, 0.717) is 5.69 Å². The van der Waals surface area contributed by atoms with E-state index < -0.39 is 17.7 Å². The Hall–Kier alpha value is -3.09. The molecule has 114 valence electrons. The minimum absolute atomic E-state index is 0.152. The van der Waals surface area contributed by atoms with Gasteiger partial charge >= 0.3 is 0 Å². The number of likely N-dealkylation sites (N-methyl/N-ethyl adjacent to an activating group) is 1. The number of furan rings is 1. The maximum atomic E-state index is 11.9. The smallest absolute Gasteiger partial charge is 0.289 e. The zero-order valence-electron chi connectivity index (χ0n) is 11.9. The van der Waals surface area contributed by atoms with Gasteiger partial charge in [-0.15, -0.1) is 0 Å². The number of benzene rings is 1. The molecule has 0 spiro atoms. The van der Waals surface area contributed by atoms with Crippen molar-refractivity contribution >= 4 is 23.4 Å². The van der Waals surface area contributed by atoms with Gasteiger partial charge in [-0.2, -0.15) is 0 Å². The molecule has 0 unspecified atom stereocenters. The van der Waals surface area contributed by atoms with Crippen LogP contribution < -0.4 is 11.1 Å². The summed E-state index contributed by atoms with van der Waals surface area (Å²) in [6.45, 7) is -0.152. The molecule has 3 amide bonds. The first kappa shape index (κ1) is 15.3. The van der Waals surface area contributed by atoms with Crippen LogP contribution in [0.2, 0.25) is 0 Å². The molecule has 7 heteroatoms. The van der Waals surface area contributed by atoms with Crippen molar-refractivity contribution in [2.45, 2.75) is 0 Å². The summed E-state index contributed by atoms with van der Waals surface area (Å²) >= 11 is 0. The third-order valence-corrected chi connectivity index (χ3v) is 2.89. The second-order valence-corrected chi connectivity index (χ2v) is 4.63. The van der Waals surface area contributed by atoms with Crippen molar-refractivity contribution in [3.05, 3.63) is 54.0 Å². The van der Waals surface area contributed by atoms with E-state index in [1.165, 1.54) is 30.3 Å². The van der Waals surface area contributed by atoms with Crippen LogP contribution in [0, 0.1) is 0 Å². The molecule has 0 saturated heterocycles. The molecule has 0 radical (unpaired) electrons. The van der Waals surface area contributed by atoms with Gasteiger partial charge in [0.2, 0.25) is 11.8 Å². The highest BCUT2D eigenvalue weighted by atomic mass is 16.3. The van der Waals surface area contributed by atoms with Gasteiger partial charge in [-0.3, -0.25) is 14.4 Å². The van der Waals surface area contributed by atoms with E-state index in [4.69, 9.17) is 10.2 Å². The Balaban J connectivity index is 1.96. The van der Waals surface area contributed by atoms with Crippen molar-refractivity contribution < 1.29 is 18.8 Å². The van der Waals surface area contributed by atoms with Gasteiger partial charge in [-0.1, -0.05) is 6.07 Å². The number of hydrogen-bond donors (Lipinski definition) is 2. The normalized spacial score (nSPS) is 10.0. The molecule has 1 aromatic heterocycles. The van der Waals surface area contributed by atoms with Crippen molar-refractivity contribution in [2.75, 3.05) is 18.9 Å². The highest BCUT2D eigenvalue weighted by molar-refractivity contribution is 5.99. The number of nitrogens with two attached hydrogens (primary N) is 1. The van der Waals surface area contributed by atoms with E-state index in [0.717, 1.165) is 0 Å². The fraction of sp³-hybridized carbons (Fsp3) is 0.133. The Bertz CT molecular complexity index is 695. The molecule has 2 aromatic rings. The van der Waals surface area contributed by atoms with Crippen LogP contribution in [0.5, 0.6) is 0 Å². The summed E-state index contributed by atoms with van der Waals surface area (Å²) in [5.74, 6) is -1.22. The predicted molar refractivity (Wildman–Crippen MR) is 79.3 cm³/mol. The van der Waals surface area contributed by atoms with Gasteiger partial charge in [0.25, 0.3) is 5.91 Å². The summed E-state index contributed by atoms with van der Waals surface area (Å²) in [7, 11) is 1.49. The van der Waals surface area contributed by atoms with E-state index in [1.54, 1.807) is 24.3 Å². The first-order chi connectivity index (χ1) is 10.5. The molecule has 0 saturated carbocycles. The van der Waals surface area contributed by atoms with E-state index in [1.807, 2.05) is 0 Å². The van der Waals surface area contributed by atoms with E-state index in [9.17, 15) is 14.4 Å². The van der Waals surface area contributed by atoms with Crippen LogP contribution >= 0.6 is 0 Å². The van der Waals surface area contributed by atoms with Crippen molar-refractivity contribution in [3.63, 3.8) is 0 Å². The number of nitrogens with one attached hydrogen (secondary N) is 1. The Morgan fingerprint density at radius 1 is 1.23 bits per heavy atom. The minimum Gasteiger partial charge on any atom is -0.459 e. The summed E-state index contributed by atoms with van der Waals surface area (Å²) in [4.78, 5) is 36.2.